The Bertz CT molecular complexity index is 23.7. The molecule has 0 aromatic carbocycles. The van der Waals surface area contributed by atoms with Gasteiger partial charge in [-0.1, -0.05) is 0 Å². The van der Waals surface area contributed by atoms with E-state index in [9.17, 15) is 0 Å². The second kappa shape index (κ2) is 16.0. The van der Waals surface area contributed by atoms with Gasteiger partial charge in [-0.25, -0.2) is 0 Å². The van der Waals surface area contributed by atoms with Gasteiger partial charge in [0.25, 0.3) is 0 Å². The first-order chi connectivity index (χ1) is 1.73. The summed E-state index contributed by atoms with van der Waals surface area (Å²) >= 11 is 0. The van der Waals surface area contributed by atoms with E-state index in [2.05, 4.69) is 0 Å². The molecule has 0 rings (SSSR count). The van der Waals surface area contributed by atoms with E-state index in [4.69, 9.17) is 15.1 Å². The largest absolute Gasteiger partial charge is 1.00 e. The Labute approximate surface area is 113 Å². The van der Waals surface area contributed by atoms with Crippen molar-refractivity contribution in [3.63, 3.8) is 0 Å². The zero-order chi connectivity index (χ0) is 3.58. The van der Waals surface area contributed by atoms with Gasteiger partial charge in [0.05, 0.1) is 0 Å². The van der Waals surface area contributed by atoms with Crippen LogP contribution in [0.4, 0.5) is 0 Å². The SMILES string of the molecule is OB(O)O.[H-].[H-].[H-].[Na+].[Na+].[Na+]. The van der Waals surface area contributed by atoms with E-state index < -0.39 is 7.32 Å². The van der Waals surface area contributed by atoms with Gasteiger partial charge in [0.2, 0.25) is 0 Å². The van der Waals surface area contributed by atoms with Crippen LogP contribution in [-0.4, -0.2) is 22.4 Å². The van der Waals surface area contributed by atoms with Gasteiger partial charge in [-0.05, 0) is 0 Å². The number of hydrogen-bond donors (Lipinski definition) is 3. The molecule has 0 unspecified atom stereocenters. The van der Waals surface area contributed by atoms with E-state index in [-0.39, 0.29) is 93.0 Å². The molecule has 0 aliphatic rings. The maximum absolute atomic E-state index is 7.17. The fourth-order valence-electron chi connectivity index (χ4n) is 0. The average Bonchev–Trinajstić information content (AvgIpc) is 0.811. The van der Waals surface area contributed by atoms with Crippen LogP contribution in [0.1, 0.15) is 4.28 Å². The summed E-state index contributed by atoms with van der Waals surface area (Å²) in [5.74, 6) is 0. The Balaban J connectivity index is -0.00000000300. The summed E-state index contributed by atoms with van der Waals surface area (Å²) in [4.78, 5) is 0. The molecular weight excluding hydrogens is 128 g/mol. The van der Waals surface area contributed by atoms with Crippen molar-refractivity contribution in [2.45, 2.75) is 0 Å². The zero-order valence-electron chi connectivity index (χ0n) is 7.92. The first-order valence-electron chi connectivity index (χ1n) is 0.775. The molecule has 0 bridgehead atoms. The summed E-state index contributed by atoms with van der Waals surface area (Å²) in [6.07, 6.45) is 0. The minimum absolute atomic E-state index is 0. The first-order valence-corrected chi connectivity index (χ1v) is 0.775. The van der Waals surface area contributed by atoms with Gasteiger partial charge in [-0.3, -0.25) is 0 Å². The second-order valence-corrected chi connectivity index (χ2v) is 0.346. The summed E-state index contributed by atoms with van der Waals surface area (Å²) in [6, 6.07) is 0. The van der Waals surface area contributed by atoms with Crippen LogP contribution in [0.15, 0.2) is 0 Å². The minimum atomic E-state index is -2.17. The van der Waals surface area contributed by atoms with Gasteiger partial charge in [-0.15, -0.1) is 0 Å². The molecule has 0 aliphatic carbocycles. The summed E-state index contributed by atoms with van der Waals surface area (Å²) < 4.78 is 0. The average molecular weight is 134 g/mol. The number of rotatable bonds is 0. The Kier molecular flexibility index (Phi) is 51.4. The monoisotopic (exact) mass is 134 g/mol. The normalized spacial score (nSPS) is 3.86. The van der Waals surface area contributed by atoms with Gasteiger partial charge in [0, 0.05) is 0 Å². The Morgan fingerprint density at radius 1 is 0.857 bits per heavy atom. The maximum Gasteiger partial charge on any atom is 1.00 e. The van der Waals surface area contributed by atoms with Crippen LogP contribution in [0.3, 0.4) is 0 Å². The summed E-state index contributed by atoms with van der Waals surface area (Å²) in [6.45, 7) is 0. The van der Waals surface area contributed by atoms with Gasteiger partial charge >= 0.3 is 96.0 Å². The van der Waals surface area contributed by atoms with Crippen LogP contribution in [0.25, 0.3) is 0 Å². The van der Waals surface area contributed by atoms with E-state index >= 15 is 0 Å². The third-order valence-electron chi connectivity index (χ3n) is 0. The van der Waals surface area contributed by atoms with Crippen molar-refractivity contribution in [1.29, 1.82) is 0 Å². The standard InChI is InChI=1S/BH3O3.3Na.3H/c2-1(3)4;;;;;;/h2-4H;;;;;;/q;3*+1;3*-1. The molecule has 0 amide bonds. The van der Waals surface area contributed by atoms with Crippen LogP contribution < -0.4 is 88.7 Å². The van der Waals surface area contributed by atoms with E-state index in [1.54, 1.807) is 0 Å². The van der Waals surface area contributed by atoms with E-state index in [1.165, 1.54) is 0 Å². The Morgan fingerprint density at radius 3 is 0.857 bits per heavy atom. The predicted molar refractivity (Wildman–Crippen MR) is 15.7 cm³/mol. The third-order valence-corrected chi connectivity index (χ3v) is 0. The van der Waals surface area contributed by atoms with Crippen molar-refractivity contribution >= 4 is 7.32 Å². The molecular formula is H6BNa3O3. The van der Waals surface area contributed by atoms with E-state index in [0.717, 1.165) is 0 Å². The van der Waals surface area contributed by atoms with Gasteiger partial charge in [-0.2, -0.15) is 0 Å². The molecule has 0 aromatic rings. The topological polar surface area (TPSA) is 60.7 Å². The Hall–Kier alpha value is 2.94. The van der Waals surface area contributed by atoms with Gasteiger partial charge in [0.15, 0.2) is 0 Å². The van der Waals surface area contributed by atoms with E-state index in [0.29, 0.717) is 0 Å². The third kappa shape index (κ3) is 49.7. The molecule has 0 saturated carbocycles. The van der Waals surface area contributed by atoms with Crippen LogP contribution in [0.2, 0.25) is 0 Å². The molecule has 0 atom stereocenters. The molecule has 0 radical (unpaired) electrons. The molecule has 3 N–H and O–H groups in total. The molecule has 0 fully saturated rings. The summed E-state index contributed by atoms with van der Waals surface area (Å²) in [5.41, 5.74) is 0. The fourth-order valence-corrected chi connectivity index (χ4v) is 0. The molecule has 3 nitrogen and oxygen atoms in total. The van der Waals surface area contributed by atoms with E-state index in [1.807, 2.05) is 0 Å². The number of hydrogen-bond acceptors (Lipinski definition) is 3. The van der Waals surface area contributed by atoms with Crippen LogP contribution in [0, 0.1) is 0 Å². The van der Waals surface area contributed by atoms with Crippen molar-refractivity contribution in [3.8, 4) is 0 Å². The van der Waals surface area contributed by atoms with Crippen molar-refractivity contribution in [3.05, 3.63) is 0 Å². The molecule has 30 valence electrons. The van der Waals surface area contributed by atoms with Crippen molar-refractivity contribution < 1.29 is 108 Å². The molecule has 0 saturated heterocycles. The fraction of sp³-hybridized carbons (Fsp3) is 0. The van der Waals surface area contributed by atoms with Gasteiger partial charge in [0.1, 0.15) is 0 Å². The predicted octanol–water partition coefficient (Wildman–Crippen LogP) is -10.7. The maximum atomic E-state index is 7.17. The second-order valence-electron chi connectivity index (χ2n) is 0.346. The minimum Gasteiger partial charge on any atom is -1.00 e. The van der Waals surface area contributed by atoms with Crippen LogP contribution >= 0.6 is 0 Å². The molecule has 7 heavy (non-hydrogen) atoms. The first kappa shape index (κ1) is 22.5. The molecule has 0 heterocycles. The van der Waals surface area contributed by atoms with Crippen molar-refractivity contribution in [1.82, 2.24) is 0 Å². The van der Waals surface area contributed by atoms with Crippen molar-refractivity contribution in [2.24, 2.45) is 0 Å². The molecule has 0 spiro atoms. The zero-order valence-corrected chi connectivity index (χ0v) is 10.9. The van der Waals surface area contributed by atoms with Crippen LogP contribution in [-0.2, 0) is 0 Å². The quantitative estimate of drug-likeness (QED) is 0.288. The van der Waals surface area contributed by atoms with Gasteiger partial charge < -0.3 is 19.4 Å². The van der Waals surface area contributed by atoms with Crippen molar-refractivity contribution in [2.75, 3.05) is 0 Å². The Morgan fingerprint density at radius 2 is 0.857 bits per heavy atom. The van der Waals surface area contributed by atoms with Crippen LogP contribution in [0.5, 0.6) is 0 Å². The summed E-state index contributed by atoms with van der Waals surface area (Å²) in [7, 11) is -2.17. The molecule has 0 aromatic heterocycles. The molecule has 7 heteroatoms. The summed E-state index contributed by atoms with van der Waals surface area (Å²) in [5, 5.41) is 21.5. The molecule has 0 aliphatic heterocycles. The smallest absolute Gasteiger partial charge is 1.00 e.